The van der Waals surface area contributed by atoms with Gasteiger partial charge < -0.3 is 19.9 Å². The van der Waals surface area contributed by atoms with Gasteiger partial charge in [0.2, 0.25) is 0 Å². The van der Waals surface area contributed by atoms with Crippen molar-refractivity contribution in [3.63, 3.8) is 0 Å². The van der Waals surface area contributed by atoms with Crippen molar-refractivity contribution < 1.29 is 24.2 Å². The Hall–Kier alpha value is -2.45. The molecule has 0 radical (unpaired) electrons. The van der Waals surface area contributed by atoms with E-state index in [9.17, 15) is 14.7 Å². The lowest BCUT2D eigenvalue weighted by Crippen LogP contribution is -2.15. The Morgan fingerprint density at radius 2 is 2.29 bits per heavy atom. The van der Waals surface area contributed by atoms with E-state index in [2.05, 4.69) is 10.3 Å². The first-order valence-corrected chi connectivity index (χ1v) is 8.26. The summed E-state index contributed by atoms with van der Waals surface area (Å²) >= 11 is 1.37. The molecule has 0 bridgehead atoms. The van der Waals surface area contributed by atoms with Gasteiger partial charge >= 0.3 is 5.97 Å². The molecule has 1 saturated heterocycles. The number of carboxylic acids is 1. The van der Waals surface area contributed by atoms with E-state index in [1.807, 2.05) is 0 Å². The number of benzene rings is 1. The molecular weight excluding hydrogens is 332 g/mol. The fourth-order valence-electron chi connectivity index (χ4n) is 2.43. The number of hydrogen-bond donors (Lipinski definition) is 2. The highest BCUT2D eigenvalue weighted by molar-refractivity contribution is 7.09. The minimum Gasteiger partial charge on any atom is -0.497 e. The first-order valence-electron chi connectivity index (χ1n) is 7.38. The molecule has 2 N–H and O–H groups in total. The summed E-state index contributed by atoms with van der Waals surface area (Å²) in [6, 6.07) is 4.44. The predicted molar refractivity (Wildman–Crippen MR) is 87.9 cm³/mol. The summed E-state index contributed by atoms with van der Waals surface area (Å²) in [5.74, 6) is -1.20. The van der Waals surface area contributed by atoms with E-state index in [4.69, 9.17) is 9.47 Å². The van der Waals surface area contributed by atoms with Crippen molar-refractivity contribution in [2.24, 2.45) is 0 Å². The number of hydrogen-bond acceptors (Lipinski definition) is 6. The number of carbonyl (C=O) groups excluding carboxylic acids is 1. The van der Waals surface area contributed by atoms with Crippen LogP contribution in [0.1, 0.15) is 44.8 Å². The second-order valence-corrected chi connectivity index (χ2v) is 6.13. The summed E-state index contributed by atoms with van der Waals surface area (Å²) in [6.07, 6.45) is 1.84. The summed E-state index contributed by atoms with van der Waals surface area (Å²) in [5, 5.41) is 14.3. The molecule has 1 aromatic heterocycles. The quantitative estimate of drug-likeness (QED) is 0.862. The average Bonchev–Trinajstić information content (AvgIpc) is 3.26. The Bertz CT molecular complexity index is 768. The van der Waals surface area contributed by atoms with Crippen molar-refractivity contribution in [2.75, 3.05) is 19.0 Å². The van der Waals surface area contributed by atoms with Crippen LogP contribution in [0, 0.1) is 0 Å². The maximum absolute atomic E-state index is 12.3. The molecule has 1 aliphatic rings. The lowest BCUT2D eigenvalue weighted by molar-refractivity contribution is 0.0697. The van der Waals surface area contributed by atoms with Gasteiger partial charge in [-0.15, -0.1) is 11.3 Å². The van der Waals surface area contributed by atoms with Crippen molar-refractivity contribution in [1.29, 1.82) is 0 Å². The van der Waals surface area contributed by atoms with Crippen LogP contribution in [0.15, 0.2) is 23.6 Å². The number of rotatable bonds is 5. The number of anilines is 1. The predicted octanol–water partition coefficient (Wildman–Crippen LogP) is 2.95. The topological polar surface area (TPSA) is 97.8 Å². The van der Waals surface area contributed by atoms with Gasteiger partial charge in [0.05, 0.1) is 18.4 Å². The molecule has 0 spiro atoms. The molecule has 0 aliphatic carbocycles. The van der Waals surface area contributed by atoms with E-state index in [1.165, 1.54) is 30.6 Å². The van der Waals surface area contributed by atoms with Gasteiger partial charge in [-0.2, -0.15) is 0 Å². The number of aromatic carboxylic acids is 1. The lowest BCUT2D eigenvalue weighted by Gasteiger charge is -2.09. The lowest BCUT2D eigenvalue weighted by atomic mass is 10.1. The average molecular weight is 348 g/mol. The highest BCUT2D eigenvalue weighted by atomic mass is 32.1. The van der Waals surface area contributed by atoms with Crippen LogP contribution in [0.25, 0.3) is 0 Å². The third-order valence-electron chi connectivity index (χ3n) is 3.67. The first-order chi connectivity index (χ1) is 11.6. The Kier molecular flexibility index (Phi) is 4.77. The van der Waals surface area contributed by atoms with E-state index in [-0.39, 0.29) is 23.0 Å². The maximum Gasteiger partial charge on any atom is 0.337 e. The zero-order valence-electron chi connectivity index (χ0n) is 12.9. The van der Waals surface area contributed by atoms with Gasteiger partial charge in [-0.25, -0.2) is 9.78 Å². The van der Waals surface area contributed by atoms with Crippen LogP contribution < -0.4 is 10.1 Å². The molecule has 8 heteroatoms. The summed E-state index contributed by atoms with van der Waals surface area (Å²) < 4.78 is 10.6. The van der Waals surface area contributed by atoms with Crippen molar-refractivity contribution >= 4 is 28.9 Å². The number of methoxy groups -OCH3 is 1. The number of nitrogens with one attached hydrogen (secondary N) is 1. The molecule has 2 aromatic rings. The number of amides is 1. The van der Waals surface area contributed by atoms with E-state index in [1.54, 1.807) is 11.4 Å². The largest absolute Gasteiger partial charge is 0.497 e. The van der Waals surface area contributed by atoms with Crippen molar-refractivity contribution in [3.8, 4) is 5.75 Å². The third kappa shape index (κ3) is 3.39. The smallest absolute Gasteiger partial charge is 0.337 e. The van der Waals surface area contributed by atoms with Crippen LogP contribution in [0.2, 0.25) is 0 Å². The zero-order valence-corrected chi connectivity index (χ0v) is 13.8. The first kappa shape index (κ1) is 16.4. The van der Waals surface area contributed by atoms with Crippen LogP contribution >= 0.6 is 11.3 Å². The number of thiazole rings is 1. The molecule has 0 saturated carbocycles. The number of carboxylic acid groups (broad SMARTS) is 1. The molecule has 1 atom stereocenters. The van der Waals surface area contributed by atoms with Gasteiger partial charge in [-0.3, -0.25) is 4.79 Å². The highest BCUT2D eigenvalue weighted by Crippen LogP contribution is 2.31. The fraction of sp³-hybridized carbons (Fsp3) is 0.312. The molecule has 1 amide bonds. The SMILES string of the molecule is COc1ccc(NC(=O)c2csc(C3CCCO3)n2)c(C(=O)O)c1. The zero-order chi connectivity index (χ0) is 17.1. The molecule has 1 unspecified atom stereocenters. The molecule has 24 heavy (non-hydrogen) atoms. The maximum atomic E-state index is 12.3. The van der Waals surface area contributed by atoms with E-state index < -0.39 is 11.9 Å². The van der Waals surface area contributed by atoms with Gasteiger partial charge in [0.1, 0.15) is 22.6 Å². The summed E-state index contributed by atoms with van der Waals surface area (Å²) in [5.41, 5.74) is 0.398. The van der Waals surface area contributed by atoms with Gasteiger partial charge in [0, 0.05) is 12.0 Å². The number of aromatic nitrogens is 1. The molecule has 1 aromatic carbocycles. The monoisotopic (exact) mass is 348 g/mol. The number of ether oxygens (including phenoxy) is 2. The minimum atomic E-state index is -1.15. The molecule has 126 valence electrons. The van der Waals surface area contributed by atoms with Crippen LogP contribution in [-0.2, 0) is 4.74 Å². The van der Waals surface area contributed by atoms with Crippen molar-refractivity contribution in [1.82, 2.24) is 4.98 Å². The molecule has 7 nitrogen and oxygen atoms in total. The molecule has 1 fully saturated rings. The van der Waals surface area contributed by atoms with Crippen LogP contribution in [-0.4, -0.2) is 35.7 Å². The summed E-state index contributed by atoms with van der Waals surface area (Å²) in [7, 11) is 1.45. The summed E-state index contributed by atoms with van der Waals surface area (Å²) in [6.45, 7) is 0.708. The second kappa shape index (κ2) is 6.98. The minimum absolute atomic E-state index is 0.0442. The molecular formula is C16H16N2O5S. The van der Waals surface area contributed by atoms with Gasteiger partial charge in [-0.1, -0.05) is 0 Å². The number of carbonyl (C=O) groups is 2. The normalized spacial score (nSPS) is 16.8. The van der Waals surface area contributed by atoms with Crippen LogP contribution in [0.3, 0.4) is 0 Å². The molecule has 2 heterocycles. The second-order valence-electron chi connectivity index (χ2n) is 5.24. The Morgan fingerprint density at radius 1 is 1.46 bits per heavy atom. The van der Waals surface area contributed by atoms with Crippen molar-refractivity contribution in [2.45, 2.75) is 18.9 Å². The van der Waals surface area contributed by atoms with Crippen LogP contribution in [0.5, 0.6) is 5.75 Å². The number of nitrogens with zero attached hydrogens (tertiary/aromatic N) is 1. The van der Waals surface area contributed by atoms with Crippen LogP contribution in [0.4, 0.5) is 5.69 Å². The van der Waals surface area contributed by atoms with Gasteiger partial charge in [0.15, 0.2) is 0 Å². The Balaban J connectivity index is 1.78. The standard InChI is InChI=1S/C16H16N2O5S/c1-22-9-4-5-11(10(7-9)16(20)21)17-14(19)12-8-24-15(18-12)13-3-2-6-23-13/h4-5,7-8,13H,2-3,6H2,1H3,(H,17,19)(H,20,21). The van der Waals surface area contributed by atoms with Gasteiger partial charge in [-0.05, 0) is 31.0 Å². The van der Waals surface area contributed by atoms with E-state index >= 15 is 0 Å². The van der Waals surface area contributed by atoms with Crippen molar-refractivity contribution in [3.05, 3.63) is 39.8 Å². The Morgan fingerprint density at radius 3 is 2.96 bits per heavy atom. The Labute approximate surface area is 142 Å². The third-order valence-corrected chi connectivity index (χ3v) is 4.60. The van der Waals surface area contributed by atoms with E-state index in [0.717, 1.165) is 17.8 Å². The van der Waals surface area contributed by atoms with E-state index in [0.29, 0.717) is 12.4 Å². The fourth-order valence-corrected chi connectivity index (χ4v) is 3.32. The summed E-state index contributed by atoms with van der Waals surface area (Å²) in [4.78, 5) is 28.0. The van der Waals surface area contributed by atoms with Gasteiger partial charge in [0.25, 0.3) is 5.91 Å². The molecule has 1 aliphatic heterocycles. The highest BCUT2D eigenvalue weighted by Gasteiger charge is 2.23. The molecule has 3 rings (SSSR count).